The van der Waals surface area contributed by atoms with Crippen LogP contribution in [0, 0.1) is 0 Å². The smallest absolute Gasteiger partial charge is 0.319 e. The minimum atomic E-state index is -4.25. The number of hydrogen-bond donors (Lipinski definition) is 1. The molecule has 108 valence electrons. The Labute approximate surface area is 112 Å². The van der Waals surface area contributed by atoms with Crippen molar-refractivity contribution < 1.29 is 18.0 Å². The van der Waals surface area contributed by atoms with Crippen molar-refractivity contribution in [2.75, 3.05) is 5.32 Å². The van der Waals surface area contributed by atoms with Gasteiger partial charge in [-0.3, -0.25) is 14.2 Å². The van der Waals surface area contributed by atoms with Gasteiger partial charge in [0, 0.05) is 26.0 Å². The van der Waals surface area contributed by atoms with E-state index in [1.165, 1.54) is 23.3 Å². The number of rotatable bonds is 4. The average Bonchev–Trinajstić information content (AvgIpc) is 2.95. The number of hydrogen-bond acceptors (Lipinski definition) is 3. The van der Waals surface area contributed by atoms with Crippen LogP contribution in [0.2, 0.25) is 0 Å². The molecule has 0 fully saturated rings. The molecule has 0 saturated heterocycles. The van der Waals surface area contributed by atoms with Gasteiger partial charge in [-0.1, -0.05) is 0 Å². The predicted molar refractivity (Wildman–Crippen MR) is 64.1 cm³/mol. The third-order valence-electron chi connectivity index (χ3n) is 2.48. The highest BCUT2D eigenvalue weighted by Gasteiger charge is 2.26. The zero-order valence-electron chi connectivity index (χ0n) is 10.6. The average molecular weight is 287 g/mol. The minimum absolute atomic E-state index is 0.191. The molecule has 2 heterocycles. The number of aromatic nitrogens is 4. The summed E-state index contributed by atoms with van der Waals surface area (Å²) in [6.45, 7) is -0.316. The lowest BCUT2D eigenvalue weighted by Gasteiger charge is -2.05. The minimum Gasteiger partial charge on any atom is -0.319 e. The van der Waals surface area contributed by atoms with Gasteiger partial charge in [-0.25, -0.2) is 0 Å². The van der Waals surface area contributed by atoms with Crippen LogP contribution in [0.4, 0.5) is 18.9 Å². The quantitative estimate of drug-likeness (QED) is 0.933. The molecule has 0 saturated carbocycles. The summed E-state index contributed by atoms with van der Waals surface area (Å²) in [4.78, 5) is 11.8. The van der Waals surface area contributed by atoms with Gasteiger partial charge in [0.25, 0.3) is 5.91 Å². The fourth-order valence-electron chi connectivity index (χ4n) is 1.53. The van der Waals surface area contributed by atoms with Crippen molar-refractivity contribution >= 4 is 11.6 Å². The van der Waals surface area contributed by atoms with Gasteiger partial charge in [0.05, 0.1) is 30.1 Å². The number of aryl methyl sites for hydroxylation is 2. The lowest BCUT2D eigenvalue weighted by molar-refractivity contribution is -0.137. The molecule has 20 heavy (non-hydrogen) atoms. The van der Waals surface area contributed by atoms with Crippen LogP contribution in [-0.4, -0.2) is 31.6 Å². The largest absolute Gasteiger partial charge is 0.390 e. The number of carbonyl (C=O) groups excluding carboxylic acids is 1. The van der Waals surface area contributed by atoms with Gasteiger partial charge < -0.3 is 5.32 Å². The van der Waals surface area contributed by atoms with Gasteiger partial charge in [0.15, 0.2) is 0 Å². The van der Waals surface area contributed by atoms with Crippen LogP contribution >= 0.6 is 0 Å². The zero-order chi connectivity index (χ0) is 14.8. The maximum Gasteiger partial charge on any atom is 0.390 e. The molecule has 0 aliphatic heterocycles. The van der Waals surface area contributed by atoms with Gasteiger partial charge in [-0.05, 0) is 0 Å². The highest BCUT2D eigenvalue weighted by Crippen LogP contribution is 2.20. The van der Waals surface area contributed by atoms with Crippen LogP contribution in [0.5, 0.6) is 0 Å². The highest BCUT2D eigenvalue weighted by molar-refractivity contribution is 6.03. The summed E-state index contributed by atoms with van der Waals surface area (Å²) in [5, 5.41) is 10.2. The fraction of sp³-hybridized carbons (Fsp3) is 0.364. The van der Waals surface area contributed by atoms with E-state index in [0.717, 1.165) is 4.68 Å². The second-order valence-corrected chi connectivity index (χ2v) is 4.21. The lowest BCUT2D eigenvalue weighted by atomic mass is 10.3. The first-order valence-electron chi connectivity index (χ1n) is 5.73. The maximum atomic E-state index is 12.1. The third kappa shape index (κ3) is 3.84. The molecule has 2 rings (SSSR count). The molecule has 0 aromatic carbocycles. The number of nitrogens with one attached hydrogen (secondary N) is 1. The molecule has 2 aromatic heterocycles. The Morgan fingerprint density at radius 3 is 2.65 bits per heavy atom. The van der Waals surface area contributed by atoms with Gasteiger partial charge in [-0.2, -0.15) is 23.4 Å². The molecule has 0 bridgehead atoms. The zero-order valence-corrected chi connectivity index (χ0v) is 10.6. The van der Waals surface area contributed by atoms with Crippen LogP contribution < -0.4 is 5.32 Å². The van der Waals surface area contributed by atoms with Crippen molar-refractivity contribution in [3.63, 3.8) is 0 Å². The Morgan fingerprint density at radius 1 is 1.30 bits per heavy atom. The molecule has 0 atom stereocenters. The van der Waals surface area contributed by atoms with E-state index in [-0.39, 0.29) is 12.1 Å². The Bertz CT molecular complexity index is 601. The van der Waals surface area contributed by atoms with E-state index in [2.05, 4.69) is 15.5 Å². The van der Waals surface area contributed by atoms with Crippen molar-refractivity contribution in [2.24, 2.45) is 7.05 Å². The summed E-state index contributed by atoms with van der Waals surface area (Å²) in [5.74, 6) is -0.448. The first-order valence-corrected chi connectivity index (χ1v) is 5.73. The SMILES string of the molecule is Cn1cc(NC(=O)c2cnn(CCC(F)(F)F)c2)cn1. The van der Waals surface area contributed by atoms with Crippen molar-refractivity contribution in [1.82, 2.24) is 19.6 Å². The molecule has 0 radical (unpaired) electrons. The van der Waals surface area contributed by atoms with E-state index in [0.29, 0.717) is 5.69 Å². The summed E-state index contributed by atoms with van der Waals surface area (Å²) in [6, 6.07) is 0. The Morgan fingerprint density at radius 2 is 2.05 bits per heavy atom. The standard InChI is InChI=1S/C11H12F3N5O/c1-18-7-9(5-15-18)17-10(20)8-4-16-19(6-8)3-2-11(12,13)14/h4-7H,2-3H2,1H3,(H,17,20). The summed E-state index contributed by atoms with van der Waals surface area (Å²) in [7, 11) is 1.70. The van der Waals surface area contributed by atoms with Crippen molar-refractivity contribution in [2.45, 2.75) is 19.1 Å². The van der Waals surface area contributed by atoms with Gasteiger partial charge in [0.1, 0.15) is 0 Å². The van der Waals surface area contributed by atoms with Crippen LogP contribution in [-0.2, 0) is 13.6 Å². The normalized spacial score (nSPS) is 11.6. The topological polar surface area (TPSA) is 64.7 Å². The van der Waals surface area contributed by atoms with E-state index in [1.54, 1.807) is 13.2 Å². The third-order valence-corrected chi connectivity index (χ3v) is 2.48. The van der Waals surface area contributed by atoms with Gasteiger partial charge in [-0.15, -0.1) is 0 Å². The van der Waals surface area contributed by atoms with Gasteiger partial charge in [0.2, 0.25) is 0 Å². The molecule has 0 aliphatic rings. The first kappa shape index (κ1) is 14.1. The van der Waals surface area contributed by atoms with E-state index in [9.17, 15) is 18.0 Å². The monoisotopic (exact) mass is 287 g/mol. The van der Waals surface area contributed by atoms with E-state index < -0.39 is 18.5 Å². The number of amides is 1. The summed E-state index contributed by atoms with van der Waals surface area (Å²) in [5.41, 5.74) is 0.691. The number of anilines is 1. The number of halogens is 3. The summed E-state index contributed by atoms with van der Waals surface area (Å²) < 4.78 is 38.8. The van der Waals surface area contributed by atoms with E-state index >= 15 is 0 Å². The molecular weight excluding hydrogens is 275 g/mol. The van der Waals surface area contributed by atoms with Crippen LogP contribution in [0.1, 0.15) is 16.8 Å². The molecule has 2 aromatic rings. The number of alkyl halides is 3. The number of carbonyl (C=O) groups is 1. The molecule has 0 unspecified atom stereocenters. The second kappa shape index (κ2) is 5.35. The van der Waals surface area contributed by atoms with Gasteiger partial charge >= 0.3 is 6.18 Å². The highest BCUT2D eigenvalue weighted by atomic mass is 19.4. The molecule has 6 nitrogen and oxygen atoms in total. The lowest BCUT2D eigenvalue weighted by Crippen LogP contribution is -2.13. The molecule has 1 amide bonds. The molecule has 9 heteroatoms. The second-order valence-electron chi connectivity index (χ2n) is 4.21. The fourth-order valence-corrected chi connectivity index (χ4v) is 1.53. The summed E-state index contributed by atoms with van der Waals surface area (Å²) >= 11 is 0. The molecular formula is C11H12F3N5O. The van der Waals surface area contributed by atoms with Crippen LogP contribution in [0.15, 0.2) is 24.8 Å². The first-order chi connectivity index (χ1) is 9.33. The Kier molecular flexibility index (Phi) is 3.77. The Hall–Kier alpha value is -2.32. The summed E-state index contributed by atoms with van der Waals surface area (Å²) in [6.07, 6.45) is 0.333. The van der Waals surface area contributed by atoms with Crippen molar-refractivity contribution in [1.29, 1.82) is 0 Å². The number of nitrogens with zero attached hydrogens (tertiary/aromatic N) is 4. The van der Waals surface area contributed by atoms with E-state index in [4.69, 9.17) is 0 Å². The predicted octanol–water partition coefficient (Wildman–Crippen LogP) is 1.82. The van der Waals surface area contributed by atoms with Crippen LogP contribution in [0.25, 0.3) is 0 Å². The molecule has 1 N–H and O–H groups in total. The van der Waals surface area contributed by atoms with Crippen LogP contribution in [0.3, 0.4) is 0 Å². The van der Waals surface area contributed by atoms with E-state index in [1.807, 2.05) is 0 Å². The molecule has 0 aliphatic carbocycles. The Balaban J connectivity index is 1.96. The maximum absolute atomic E-state index is 12.1. The van der Waals surface area contributed by atoms with Crippen molar-refractivity contribution in [3.05, 3.63) is 30.4 Å². The molecule has 0 spiro atoms. The van der Waals surface area contributed by atoms with Crippen molar-refractivity contribution in [3.8, 4) is 0 Å².